The van der Waals surface area contributed by atoms with E-state index < -0.39 is 0 Å². The largest absolute Gasteiger partial charge is 0.366 e. The van der Waals surface area contributed by atoms with Crippen molar-refractivity contribution in [1.82, 2.24) is 0 Å². The Morgan fingerprint density at radius 2 is 1.76 bits per heavy atom. The summed E-state index contributed by atoms with van der Waals surface area (Å²) in [7, 11) is 0. The van der Waals surface area contributed by atoms with Crippen LogP contribution >= 0.6 is 0 Å². The number of halogens is 1. The number of benzene rings is 1. The van der Waals surface area contributed by atoms with Gasteiger partial charge < -0.3 is 10.6 Å². The Kier molecular flexibility index (Phi) is 7.16. The van der Waals surface area contributed by atoms with E-state index in [1.807, 2.05) is 19.1 Å². The molecular formula is C18H31FN2. The summed E-state index contributed by atoms with van der Waals surface area (Å²) in [5, 5.41) is 0. The number of anilines is 1. The Bertz CT molecular complexity index is 425. The summed E-state index contributed by atoms with van der Waals surface area (Å²) in [6.45, 7) is 11.5. The van der Waals surface area contributed by atoms with Crippen LogP contribution in [0.1, 0.15) is 53.0 Å². The van der Waals surface area contributed by atoms with Crippen molar-refractivity contribution in [3.63, 3.8) is 0 Å². The van der Waals surface area contributed by atoms with Gasteiger partial charge in [-0.3, -0.25) is 0 Å². The molecule has 2 N–H and O–H groups in total. The SMILES string of the molecule is CCC(CC)N(CC(C)C)c1ccc(CC(C)N)cc1F. The molecular weight excluding hydrogens is 263 g/mol. The third kappa shape index (κ3) is 5.31. The number of nitrogens with zero attached hydrogens (tertiary/aromatic N) is 1. The van der Waals surface area contributed by atoms with Crippen LogP contribution in [-0.4, -0.2) is 18.6 Å². The van der Waals surface area contributed by atoms with Crippen LogP contribution in [-0.2, 0) is 6.42 Å². The van der Waals surface area contributed by atoms with E-state index in [-0.39, 0.29) is 11.9 Å². The highest BCUT2D eigenvalue weighted by atomic mass is 19.1. The van der Waals surface area contributed by atoms with Crippen LogP contribution in [0.3, 0.4) is 0 Å². The smallest absolute Gasteiger partial charge is 0.146 e. The van der Waals surface area contributed by atoms with Gasteiger partial charge in [-0.15, -0.1) is 0 Å². The van der Waals surface area contributed by atoms with Crippen molar-refractivity contribution >= 4 is 5.69 Å². The van der Waals surface area contributed by atoms with Crippen LogP contribution in [0.5, 0.6) is 0 Å². The second kappa shape index (κ2) is 8.38. The minimum absolute atomic E-state index is 0.0565. The van der Waals surface area contributed by atoms with Crippen LogP contribution in [0.4, 0.5) is 10.1 Å². The first-order valence-electron chi connectivity index (χ1n) is 8.19. The molecule has 1 aromatic rings. The van der Waals surface area contributed by atoms with E-state index in [2.05, 4.69) is 32.6 Å². The van der Waals surface area contributed by atoms with E-state index >= 15 is 0 Å². The summed E-state index contributed by atoms with van der Waals surface area (Å²) in [5.41, 5.74) is 7.50. The van der Waals surface area contributed by atoms with Crippen LogP contribution < -0.4 is 10.6 Å². The molecule has 0 saturated carbocycles. The lowest BCUT2D eigenvalue weighted by Gasteiger charge is -2.34. The van der Waals surface area contributed by atoms with Gasteiger partial charge in [-0.05, 0) is 49.8 Å². The first-order chi connectivity index (χ1) is 9.88. The van der Waals surface area contributed by atoms with Crippen LogP contribution in [0, 0.1) is 11.7 Å². The maximum Gasteiger partial charge on any atom is 0.146 e. The first-order valence-corrected chi connectivity index (χ1v) is 8.19. The molecule has 0 aliphatic rings. The molecule has 0 radical (unpaired) electrons. The minimum atomic E-state index is -0.124. The number of hydrogen-bond acceptors (Lipinski definition) is 2. The third-order valence-electron chi connectivity index (χ3n) is 3.82. The van der Waals surface area contributed by atoms with E-state index in [0.717, 1.165) is 30.6 Å². The highest BCUT2D eigenvalue weighted by Crippen LogP contribution is 2.26. The number of nitrogens with two attached hydrogens (primary N) is 1. The van der Waals surface area contributed by atoms with Crippen molar-refractivity contribution < 1.29 is 4.39 Å². The van der Waals surface area contributed by atoms with Crippen molar-refractivity contribution in [3.8, 4) is 0 Å². The van der Waals surface area contributed by atoms with E-state index in [0.29, 0.717) is 18.4 Å². The molecule has 0 spiro atoms. The maximum atomic E-state index is 14.6. The third-order valence-corrected chi connectivity index (χ3v) is 3.82. The van der Waals surface area contributed by atoms with E-state index in [1.165, 1.54) is 0 Å². The Labute approximate surface area is 129 Å². The van der Waals surface area contributed by atoms with Gasteiger partial charge in [-0.25, -0.2) is 4.39 Å². The van der Waals surface area contributed by atoms with E-state index in [9.17, 15) is 4.39 Å². The normalized spacial score (nSPS) is 13.0. The molecule has 120 valence electrons. The molecule has 3 heteroatoms. The van der Waals surface area contributed by atoms with Gasteiger partial charge in [0, 0.05) is 18.6 Å². The quantitative estimate of drug-likeness (QED) is 0.771. The Morgan fingerprint density at radius 1 is 1.14 bits per heavy atom. The zero-order valence-corrected chi connectivity index (χ0v) is 14.2. The topological polar surface area (TPSA) is 29.3 Å². The predicted molar refractivity (Wildman–Crippen MR) is 90.3 cm³/mol. The van der Waals surface area contributed by atoms with Crippen LogP contribution in [0.2, 0.25) is 0 Å². The average molecular weight is 294 g/mol. The van der Waals surface area contributed by atoms with Crippen LogP contribution in [0.25, 0.3) is 0 Å². The molecule has 1 rings (SSSR count). The molecule has 0 amide bonds. The zero-order chi connectivity index (χ0) is 16.0. The lowest BCUT2D eigenvalue weighted by atomic mass is 10.0. The molecule has 0 saturated heterocycles. The van der Waals surface area contributed by atoms with Gasteiger partial charge in [0.15, 0.2) is 0 Å². The average Bonchev–Trinajstić information content (AvgIpc) is 2.38. The molecule has 1 atom stereocenters. The fraction of sp³-hybridized carbons (Fsp3) is 0.667. The molecule has 1 aromatic carbocycles. The summed E-state index contributed by atoms with van der Waals surface area (Å²) in [6, 6.07) is 6.03. The Balaban J connectivity index is 3.06. The highest BCUT2D eigenvalue weighted by Gasteiger charge is 2.20. The summed E-state index contributed by atoms with van der Waals surface area (Å²) in [4.78, 5) is 2.23. The summed E-state index contributed by atoms with van der Waals surface area (Å²) in [6.07, 6.45) is 2.78. The Hall–Kier alpha value is -1.09. The number of rotatable bonds is 8. The second-order valence-corrected chi connectivity index (χ2v) is 6.48. The van der Waals surface area contributed by atoms with Crippen molar-refractivity contribution in [2.24, 2.45) is 11.7 Å². The molecule has 0 fully saturated rings. The van der Waals surface area contributed by atoms with Crippen molar-refractivity contribution in [2.45, 2.75) is 66.0 Å². The van der Waals surface area contributed by atoms with Crippen molar-refractivity contribution in [3.05, 3.63) is 29.6 Å². The van der Waals surface area contributed by atoms with Gasteiger partial charge in [0.1, 0.15) is 5.82 Å². The lowest BCUT2D eigenvalue weighted by molar-refractivity contribution is 0.495. The fourth-order valence-electron chi connectivity index (χ4n) is 2.85. The van der Waals surface area contributed by atoms with E-state index in [4.69, 9.17) is 5.73 Å². The fourth-order valence-corrected chi connectivity index (χ4v) is 2.85. The zero-order valence-electron chi connectivity index (χ0n) is 14.2. The predicted octanol–water partition coefficient (Wildman–Crippen LogP) is 4.37. The highest BCUT2D eigenvalue weighted by molar-refractivity contribution is 5.50. The summed E-state index contributed by atoms with van der Waals surface area (Å²) < 4.78 is 14.6. The molecule has 21 heavy (non-hydrogen) atoms. The van der Waals surface area contributed by atoms with Gasteiger partial charge in [-0.2, -0.15) is 0 Å². The number of hydrogen-bond donors (Lipinski definition) is 1. The molecule has 0 bridgehead atoms. The second-order valence-electron chi connectivity index (χ2n) is 6.48. The van der Waals surface area contributed by atoms with Crippen molar-refractivity contribution in [2.75, 3.05) is 11.4 Å². The van der Waals surface area contributed by atoms with Gasteiger partial charge in [-0.1, -0.05) is 33.8 Å². The maximum absolute atomic E-state index is 14.6. The van der Waals surface area contributed by atoms with Gasteiger partial charge in [0.05, 0.1) is 5.69 Å². The minimum Gasteiger partial charge on any atom is -0.366 e. The standard InChI is InChI=1S/C18H31FN2/c1-6-16(7-2)21(12-13(3)4)18-9-8-15(10-14(5)20)11-17(18)19/h8-9,11,13-14,16H,6-7,10,12,20H2,1-5H3. The van der Waals surface area contributed by atoms with Gasteiger partial charge >= 0.3 is 0 Å². The lowest BCUT2D eigenvalue weighted by Crippen LogP contribution is -2.38. The molecule has 0 heterocycles. The molecule has 1 unspecified atom stereocenters. The summed E-state index contributed by atoms with van der Waals surface area (Å²) in [5.74, 6) is 0.384. The Morgan fingerprint density at radius 3 is 2.19 bits per heavy atom. The molecule has 0 aliphatic heterocycles. The molecule has 0 aliphatic carbocycles. The van der Waals surface area contributed by atoms with E-state index in [1.54, 1.807) is 6.07 Å². The first kappa shape index (κ1) is 18.0. The van der Waals surface area contributed by atoms with Gasteiger partial charge in [0.25, 0.3) is 0 Å². The summed E-state index contributed by atoms with van der Waals surface area (Å²) >= 11 is 0. The van der Waals surface area contributed by atoms with Crippen LogP contribution in [0.15, 0.2) is 18.2 Å². The molecule has 2 nitrogen and oxygen atoms in total. The van der Waals surface area contributed by atoms with Crippen molar-refractivity contribution in [1.29, 1.82) is 0 Å². The molecule has 0 aromatic heterocycles. The van der Waals surface area contributed by atoms with Gasteiger partial charge in [0.2, 0.25) is 0 Å². The monoisotopic (exact) mass is 294 g/mol.